The minimum Gasteiger partial charge on any atom is -0.389 e. The topological polar surface area (TPSA) is 92.8 Å². The molecule has 5 nitrogen and oxygen atoms in total. The third kappa shape index (κ3) is 2.12. The molecule has 1 fully saturated rings. The zero-order chi connectivity index (χ0) is 10.7. The van der Waals surface area contributed by atoms with Crippen LogP contribution < -0.4 is 5.73 Å². The van der Waals surface area contributed by atoms with Gasteiger partial charge in [-0.25, -0.2) is 0 Å². The van der Waals surface area contributed by atoms with Gasteiger partial charge in [0.15, 0.2) is 6.29 Å². The van der Waals surface area contributed by atoms with Crippen LogP contribution in [0.15, 0.2) is 0 Å². The highest BCUT2D eigenvalue weighted by Gasteiger charge is 2.41. The van der Waals surface area contributed by atoms with Crippen LogP contribution in [0.2, 0.25) is 0 Å². The highest BCUT2D eigenvalue weighted by atomic mass is 16.5. The van der Waals surface area contributed by atoms with E-state index in [-0.39, 0.29) is 6.10 Å². The van der Waals surface area contributed by atoms with Gasteiger partial charge >= 0.3 is 0 Å². The Kier molecular flexibility index (Phi) is 4.00. The van der Waals surface area contributed by atoms with E-state index in [2.05, 4.69) is 0 Å². The number of hydrogen-bond acceptors (Lipinski definition) is 5. The summed E-state index contributed by atoms with van der Waals surface area (Å²) >= 11 is 0. The molecule has 5 unspecified atom stereocenters. The summed E-state index contributed by atoms with van der Waals surface area (Å²) in [7, 11) is 0. The maximum atomic E-state index is 10.5. The number of nitrogens with two attached hydrogens (primary N) is 1. The van der Waals surface area contributed by atoms with Gasteiger partial charge in [-0.2, -0.15) is 0 Å². The Bertz CT molecular complexity index is 199. The minimum absolute atomic E-state index is 0.353. The lowest BCUT2D eigenvalue weighted by Crippen LogP contribution is -2.61. The largest absolute Gasteiger partial charge is 0.389 e. The van der Waals surface area contributed by atoms with Crippen LogP contribution in [0.1, 0.15) is 19.8 Å². The van der Waals surface area contributed by atoms with Gasteiger partial charge < -0.3 is 25.5 Å². The van der Waals surface area contributed by atoms with Gasteiger partial charge in [0.05, 0.1) is 12.1 Å². The minimum atomic E-state index is -1.21. The summed E-state index contributed by atoms with van der Waals surface area (Å²) < 4.78 is 5.27. The van der Waals surface area contributed by atoms with E-state index < -0.39 is 24.4 Å². The maximum Gasteiger partial charge on any atom is 0.151 e. The second kappa shape index (κ2) is 4.84. The molecule has 0 bridgehead atoms. The number of aldehydes is 1. The summed E-state index contributed by atoms with van der Waals surface area (Å²) in [4.78, 5) is 10.5. The van der Waals surface area contributed by atoms with Crippen molar-refractivity contribution in [1.82, 2.24) is 0 Å². The van der Waals surface area contributed by atoms with Crippen LogP contribution in [0.3, 0.4) is 0 Å². The van der Waals surface area contributed by atoms with Gasteiger partial charge in [0.1, 0.15) is 18.3 Å². The number of carbonyl (C=O) groups excluding carboxylic acids is 1. The fraction of sp³-hybridized carbons (Fsp3) is 0.889. The molecule has 0 aliphatic carbocycles. The number of carbonyl (C=O) groups is 1. The molecule has 0 aromatic heterocycles. The van der Waals surface area contributed by atoms with Crippen molar-refractivity contribution in [1.29, 1.82) is 0 Å². The molecule has 0 aromatic rings. The van der Waals surface area contributed by atoms with Crippen molar-refractivity contribution in [3.05, 3.63) is 0 Å². The Morgan fingerprint density at radius 2 is 2.07 bits per heavy atom. The first-order chi connectivity index (χ1) is 6.61. The van der Waals surface area contributed by atoms with Crippen LogP contribution in [-0.4, -0.2) is 47.0 Å². The van der Waals surface area contributed by atoms with Crippen molar-refractivity contribution in [2.75, 3.05) is 0 Å². The van der Waals surface area contributed by atoms with Gasteiger partial charge in [-0.1, -0.05) is 13.3 Å². The number of hydrogen-bond donors (Lipinski definition) is 3. The number of aliphatic hydroxyl groups excluding tert-OH is 2. The van der Waals surface area contributed by atoms with Gasteiger partial charge in [-0.3, -0.25) is 0 Å². The fourth-order valence-corrected chi connectivity index (χ4v) is 1.67. The quantitative estimate of drug-likeness (QED) is 0.501. The molecule has 5 heteroatoms. The zero-order valence-corrected chi connectivity index (χ0v) is 8.17. The molecule has 82 valence electrons. The Morgan fingerprint density at radius 3 is 2.57 bits per heavy atom. The first kappa shape index (κ1) is 11.6. The SMILES string of the molecule is CCCC1OC(C=O)C(O)C(O)C1N. The number of ether oxygens (including phenoxy) is 1. The van der Waals surface area contributed by atoms with E-state index in [4.69, 9.17) is 10.5 Å². The fourth-order valence-electron chi connectivity index (χ4n) is 1.67. The molecule has 1 heterocycles. The average molecular weight is 203 g/mol. The maximum absolute atomic E-state index is 10.5. The molecular formula is C9H17NO4. The van der Waals surface area contributed by atoms with Crippen LogP contribution in [-0.2, 0) is 9.53 Å². The third-order valence-corrected chi connectivity index (χ3v) is 2.55. The van der Waals surface area contributed by atoms with Gasteiger partial charge in [0.2, 0.25) is 0 Å². The second-order valence-corrected chi connectivity index (χ2v) is 3.62. The summed E-state index contributed by atoms with van der Waals surface area (Å²) in [5.74, 6) is 0. The third-order valence-electron chi connectivity index (χ3n) is 2.55. The summed E-state index contributed by atoms with van der Waals surface area (Å²) in [6, 6.07) is -0.624. The summed E-state index contributed by atoms with van der Waals surface area (Å²) in [6.07, 6.45) is -1.58. The molecule has 1 aliphatic heterocycles. The first-order valence-corrected chi connectivity index (χ1v) is 4.84. The van der Waals surface area contributed by atoms with Crippen LogP contribution in [0.25, 0.3) is 0 Å². The Labute approximate surface area is 82.9 Å². The molecule has 0 amide bonds. The number of aliphatic hydroxyl groups is 2. The average Bonchev–Trinajstić information content (AvgIpc) is 2.19. The molecule has 4 N–H and O–H groups in total. The lowest BCUT2D eigenvalue weighted by atomic mass is 9.92. The van der Waals surface area contributed by atoms with Crippen molar-refractivity contribution in [3.63, 3.8) is 0 Å². The Morgan fingerprint density at radius 1 is 1.43 bits per heavy atom. The van der Waals surface area contributed by atoms with Crippen molar-refractivity contribution in [2.45, 2.75) is 50.2 Å². The Hall–Kier alpha value is -0.490. The van der Waals surface area contributed by atoms with Crippen molar-refractivity contribution in [3.8, 4) is 0 Å². The van der Waals surface area contributed by atoms with Crippen LogP contribution in [0.5, 0.6) is 0 Å². The van der Waals surface area contributed by atoms with E-state index >= 15 is 0 Å². The normalized spacial score (nSPS) is 43.6. The van der Waals surface area contributed by atoms with E-state index in [0.717, 1.165) is 6.42 Å². The van der Waals surface area contributed by atoms with Gasteiger partial charge in [-0.15, -0.1) is 0 Å². The molecular weight excluding hydrogens is 186 g/mol. The molecule has 0 saturated carbocycles. The molecule has 14 heavy (non-hydrogen) atoms. The second-order valence-electron chi connectivity index (χ2n) is 3.62. The van der Waals surface area contributed by atoms with Crippen LogP contribution in [0, 0.1) is 0 Å². The standard InChI is InChI=1S/C9H17NO4/c1-2-3-5-7(10)9(13)8(12)6(4-11)14-5/h4-9,12-13H,2-3,10H2,1H3. The van der Waals surface area contributed by atoms with Crippen molar-refractivity contribution < 1.29 is 19.7 Å². The molecule has 5 atom stereocenters. The van der Waals surface area contributed by atoms with Crippen molar-refractivity contribution in [2.24, 2.45) is 5.73 Å². The molecule has 1 aliphatic rings. The Balaban J connectivity index is 2.67. The molecule has 0 aromatic carbocycles. The molecule has 1 saturated heterocycles. The van der Waals surface area contributed by atoms with E-state index in [0.29, 0.717) is 12.7 Å². The molecule has 1 rings (SSSR count). The molecule has 0 spiro atoms. The van der Waals surface area contributed by atoms with Gasteiger partial charge in [-0.05, 0) is 6.42 Å². The van der Waals surface area contributed by atoms with Gasteiger partial charge in [0.25, 0.3) is 0 Å². The van der Waals surface area contributed by atoms with E-state index in [1.807, 2.05) is 6.92 Å². The van der Waals surface area contributed by atoms with E-state index in [9.17, 15) is 15.0 Å². The molecule has 0 radical (unpaired) electrons. The summed E-state index contributed by atoms with van der Waals surface area (Å²) in [6.45, 7) is 1.96. The zero-order valence-electron chi connectivity index (χ0n) is 8.17. The highest BCUT2D eigenvalue weighted by Crippen LogP contribution is 2.21. The lowest BCUT2D eigenvalue weighted by Gasteiger charge is -2.39. The highest BCUT2D eigenvalue weighted by molar-refractivity contribution is 5.57. The van der Waals surface area contributed by atoms with Gasteiger partial charge in [0, 0.05) is 0 Å². The number of rotatable bonds is 3. The predicted molar refractivity (Wildman–Crippen MR) is 49.6 cm³/mol. The monoisotopic (exact) mass is 203 g/mol. The smallest absolute Gasteiger partial charge is 0.151 e. The van der Waals surface area contributed by atoms with E-state index in [1.54, 1.807) is 0 Å². The van der Waals surface area contributed by atoms with Crippen LogP contribution in [0.4, 0.5) is 0 Å². The lowest BCUT2D eigenvalue weighted by molar-refractivity contribution is -0.178. The van der Waals surface area contributed by atoms with Crippen LogP contribution >= 0.6 is 0 Å². The summed E-state index contributed by atoms with van der Waals surface area (Å²) in [5, 5.41) is 18.9. The summed E-state index contributed by atoms with van der Waals surface area (Å²) in [5.41, 5.74) is 5.66. The van der Waals surface area contributed by atoms with E-state index in [1.165, 1.54) is 0 Å². The van der Waals surface area contributed by atoms with Crippen molar-refractivity contribution >= 4 is 6.29 Å². The predicted octanol–water partition coefficient (Wildman–Crippen LogP) is -1.20. The first-order valence-electron chi connectivity index (χ1n) is 4.84.